The zero-order chi connectivity index (χ0) is 16.1. The third kappa shape index (κ3) is 3.47. The van der Waals surface area contributed by atoms with E-state index in [2.05, 4.69) is 0 Å². The normalized spacial score (nSPS) is 10.7. The number of anilines is 2. The molecule has 0 aliphatic carbocycles. The molecule has 0 aliphatic rings. The van der Waals surface area contributed by atoms with Crippen LogP contribution in [0.2, 0.25) is 0 Å². The predicted octanol–water partition coefficient (Wildman–Crippen LogP) is 1.99. The number of aliphatic hydroxyl groups is 2. The van der Waals surface area contributed by atoms with Crippen molar-refractivity contribution in [3.05, 3.63) is 35.2 Å². The second kappa shape index (κ2) is 7.40. The van der Waals surface area contributed by atoms with Crippen LogP contribution in [0.15, 0.2) is 29.6 Å². The van der Waals surface area contributed by atoms with Crippen molar-refractivity contribution in [2.45, 2.75) is 6.92 Å². The van der Waals surface area contributed by atoms with Crippen molar-refractivity contribution in [1.29, 1.82) is 0 Å². The van der Waals surface area contributed by atoms with Crippen LogP contribution < -0.4 is 10.6 Å². The SMILES string of the molecule is CC(=O)c1ccsc1-c1cc(N)ccc1N(CCO)CCO. The monoisotopic (exact) mass is 320 g/mol. The fourth-order valence-electron chi connectivity index (χ4n) is 2.40. The van der Waals surface area contributed by atoms with Gasteiger partial charge in [0.2, 0.25) is 0 Å². The first-order valence-corrected chi connectivity index (χ1v) is 7.91. The smallest absolute Gasteiger partial charge is 0.161 e. The van der Waals surface area contributed by atoms with Crippen LogP contribution in [0.5, 0.6) is 0 Å². The van der Waals surface area contributed by atoms with Crippen molar-refractivity contribution in [2.75, 3.05) is 36.9 Å². The van der Waals surface area contributed by atoms with E-state index in [1.54, 1.807) is 12.1 Å². The number of rotatable bonds is 7. The van der Waals surface area contributed by atoms with Gasteiger partial charge in [0.05, 0.1) is 13.2 Å². The molecule has 4 N–H and O–H groups in total. The number of ketones is 1. The lowest BCUT2D eigenvalue weighted by atomic mass is 10.0. The van der Waals surface area contributed by atoms with Gasteiger partial charge in [0, 0.05) is 40.5 Å². The van der Waals surface area contributed by atoms with Crippen LogP contribution in [0, 0.1) is 0 Å². The van der Waals surface area contributed by atoms with E-state index in [1.807, 2.05) is 22.4 Å². The molecule has 0 saturated heterocycles. The molecule has 0 atom stereocenters. The summed E-state index contributed by atoms with van der Waals surface area (Å²) in [6.07, 6.45) is 0. The van der Waals surface area contributed by atoms with Gasteiger partial charge in [-0.3, -0.25) is 4.79 Å². The van der Waals surface area contributed by atoms with Crippen LogP contribution in [0.4, 0.5) is 11.4 Å². The Bertz CT molecular complexity index is 649. The van der Waals surface area contributed by atoms with Gasteiger partial charge >= 0.3 is 0 Å². The van der Waals surface area contributed by atoms with Gasteiger partial charge in [-0.05, 0) is 36.6 Å². The minimum absolute atomic E-state index is 0.000455. The van der Waals surface area contributed by atoms with E-state index < -0.39 is 0 Å². The maximum absolute atomic E-state index is 11.8. The fourth-order valence-corrected chi connectivity index (χ4v) is 3.37. The molecule has 0 unspecified atom stereocenters. The van der Waals surface area contributed by atoms with Crippen molar-refractivity contribution in [1.82, 2.24) is 0 Å². The average Bonchev–Trinajstić information content (AvgIpc) is 2.96. The Hall–Kier alpha value is -1.89. The summed E-state index contributed by atoms with van der Waals surface area (Å²) in [5.41, 5.74) is 8.87. The van der Waals surface area contributed by atoms with Crippen molar-refractivity contribution >= 4 is 28.5 Å². The van der Waals surface area contributed by atoms with Crippen LogP contribution in [0.1, 0.15) is 17.3 Å². The first-order chi connectivity index (χ1) is 10.6. The van der Waals surface area contributed by atoms with Gasteiger partial charge in [-0.1, -0.05) is 0 Å². The first kappa shape index (κ1) is 16.5. The molecule has 6 heteroatoms. The highest BCUT2D eigenvalue weighted by molar-refractivity contribution is 7.14. The molecule has 0 saturated carbocycles. The van der Waals surface area contributed by atoms with Gasteiger partial charge in [0.15, 0.2) is 5.78 Å². The number of nitrogen functional groups attached to an aromatic ring is 1. The summed E-state index contributed by atoms with van der Waals surface area (Å²) in [5.74, 6) is 0.000455. The molecular weight excluding hydrogens is 300 g/mol. The maximum Gasteiger partial charge on any atom is 0.161 e. The molecule has 0 bridgehead atoms. The summed E-state index contributed by atoms with van der Waals surface area (Å²) in [6, 6.07) is 7.27. The molecule has 118 valence electrons. The van der Waals surface area contributed by atoms with Gasteiger partial charge in [0.25, 0.3) is 0 Å². The fraction of sp³-hybridized carbons (Fsp3) is 0.312. The topological polar surface area (TPSA) is 86.8 Å². The van der Waals surface area contributed by atoms with Crippen LogP contribution >= 0.6 is 11.3 Å². The van der Waals surface area contributed by atoms with Crippen molar-refractivity contribution < 1.29 is 15.0 Å². The zero-order valence-corrected chi connectivity index (χ0v) is 13.3. The van der Waals surface area contributed by atoms with Crippen LogP contribution in [-0.2, 0) is 0 Å². The Morgan fingerprint density at radius 1 is 1.23 bits per heavy atom. The number of thiophene rings is 1. The number of benzene rings is 1. The van der Waals surface area contributed by atoms with Gasteiger partial charge in [0.1, 0.15) is 0 Å². The van der Waals surface area contributed by atoms with E-state index in [-0.39, 0.29) is 19.0 Å². The van der Waals surface area contributed by atoms with Crippen molar-refractivity contribution in [3.8, 4) is 10.4 Å². The number of carbonyl (C=O) groups is 1. The summed E-state index contributed by atoms with van der Waals surface area (Å²) in [7, 11) is 0. The summed E-state index contributed by atoms with van der Waals surface area (Å²) in [6.45, 7) is 2.30. The Morgan fingerprint density at radius 2 is 1.91 bits per heavy atom. The van der Waals surface area contributed by atoms with E-state index in [4.69, 9.17) is 5.73 Å². The molecule has 2 aromatic rings. The number of nitrogens with two attached hydrogens (primary N) is 1. The lowest BCUT2D eigenvalue weighted by Crippen LogP contribution is -2.30. The number of aliphatic hydroxyl groups excluding tert-OH is 2. The van der Waals surface area contributed by atoms with Crippen LogP contribution in [0.25, 0.3) is 10.4 Å². The van der Waals surface area contributed by atoms with E-state index in [9.17, 15) is 15.0 Å². The summed E-state index contributed by atoms with van der Waals surface area (Å²) in [4.78, 5) is 14.5. The Labute approximate surface area is 133 Å². The number of Topliss-reactive ketones (excluding diaryl/α,β-unsaturated/α-hetero) is 1. The number of carbonyl (C=O) groups excluding carboxylic acids is 1. The third-order valence-electron chi connectivity index (χ3n) is 3.39. The van der Waals surface area contributed by atoms with E-state index in [0.29, 0.717) is 24.3 Å². The van der Waals surface area contributed by atoms with Gasteiger partial charge in [-0.15, -0.1) is 11.3 Å². The zero-order valence-electron chi connectivity index (χ0n) is 12.5. The quantitative estimate of drug-likeness (QED) is 0.536. The van der Waals surface area contributed by atoms with E-state index in [1.165, 1.54) is 18.3 Å². The van der Waals surface area contributed by atoms with E-state index in [0.717, 1.165) is 16.1 Å². The van der Waals surface area contributed by atoms with Crippen LogP contribution in [0.3, 0.4) is 0 Å². The average molecular weight is 320 g/mol. The highest BCUT2D eigenvalue weighted by Gasteiger charge is 2.18. The summed E-state index contributed by atoms with van der Waals surface area (Å²) < 4.78 is 0. The standard InChI is InChI=1S/C16H20N2O3S/c1-11(21)13-4-9-22-16(13)14-10-12(17)2-3-15(14)18(5-7-19)6-8-20/h2-4,9-10,19-20H,5-8,17H2,1H3. The third-order valence-corrected chi connectivity index (χ3v) is 4.34. The number of hydrogen-bond donors (Lipinski definition) is 3. The molecule has 0 amide bonds. The second-order valence-electron chi connectivity index (χ2n) is 4.93. The largest absolute Gasteiger partial charge is 0.399 e. The molecule has 1 heterocycles. The minimum atomic E-state index is -0.0200. The molecule has 1 aromatic heterocycles. The van der Waals surface area contributed by atoms with Gasteiger partial charge < -0.3 is 20.8 Å². The molecule has 1 aromatic carbocycles. The van der Waals surface area contributed by atoms with E-state index >= 15 is 0 Å². The highest BCUT2D eigenvalue weighted by atomic mass is 32.1. The molecule has 0 aliphatic heterocycles. The Morgan fingerprint density at radius 3 is 2.50 bits per heavy atom. The van der Waals surface area contributed by atoms with Crippen molar-refractivity contribution in [3.63, 3.8) is 0 Å². The molecular formula is C16H20N2O3S. The van der Waals surface area contributed by atoms with Crippen LogP contribution in [-0.4, -0.2) is 42.3 Å². The minimum Gasteiger partial charge on any atom is -0.399 e. The predicted molar refractivity (Wildman–Crippen MR) is 90.6 cm³/mol. The molecule has 0 radical (unpaired) electrons. The maximum atomic E-state index is 11.8. The Balaban J connectivity index is 2.56. The Kier molecular flexibility index (Phi) is 5.54. The highest BCUT2D eigenvalue weighted by Crippen LogP contribution is 2.38. The molecule has 5 nitrogen and oxygen atoms in total. The molecule has 0 spiro atoms. The first-order valence-electron chi connectivity index (χ1n) is 7.03. The lowest BCUT2D eigenvalue weighted by Gasteiger charge is -2.26. The summed E-state index contributed by atoms with van der Waals surface area (Å²) in [5, 5.41) is 20.4. The molecule has 0 fully saturated rings. The lowest BCUT2D eigenvalue weighted by molar-refractivity contribution is 0.101. The molecule has 22 heavy (non-hydrogen) atoms. The molecule has 2 rings (SSSR count). The van der Waals surface area contributed by atoms with Gasteiger partial charge in [-0.2, -0.15) is 0 Å². The van der Waals surface area contributed by atoms with Gasteiger partial charge in [-0.25, -0.2) is 0 Å². The van der Waals surface area contributed by atoms with Crippen molar-refractivity contribution in [2.24, 2.45) is 0 Å². The second-order valence-corrected chi connectivity index (χ2v) is 5.85. The summed E-state index contributed by atoms with van der Waals surface area (Å²) >= 11 is 1.48. The number of hydrogen-bond acceptors (Lipinski definition) is 6. The number of nitrogens with zero attached hydrogens (tertiary/aromatic N) is 1.